The molecule has 0 bridgehead atoms. The number of carbonyl (C=O) groups is 2. The molecule has 1 aliphatic heterocycles. The molecule has 1 aromatic heterocycles. The summed E-state index contributed by atoms with van der Waals surface area (Å²) in [6, 6.07) is 1.06. The van der Waals surface area contributed by atoms with E-state index in [1.54, 1.807) is 7.05 Å². The van der Waals surface area contributed by atoms with Gasteiger partial charge in [0.25, 0.3) is 5.91 Å². The van der Waals surface area contributed by atoms with Gasteiger partial charge < -0.3 is 9.69 Å². The number of aromatic nitrogens is 3. The molecule has 1 fully saturated rings. The number of carbonyl (C=O) groups excluding carboxylic acids is 2. The van der Waals surface area contributed by atoms with Crippen molar-refractivity contribution in [2.24, 2.45) is 5.41 Å². The van der Waals surface area contributed by atoms with Gasteiger partial charge in [0, 0.05) is 56.4 Å². The van der Waals surface area contributed by atoms with Crippen LogP contribution in [-0.2, 0) is 21.9 Å². The van der Waals surface area contributed by atoms with Crippen LogP contribution in [0, 0.1) is 5.41 Å². The van der Waals surface area contributed by atoms with Crippen LogP contribution in [-0.4, -0.2) is 70.6 Å². The van der Waals surface area contributed by atoms with Crippen molar-refractivity contribution in [3.8, 4) is 11.4 Å². The van der Waals surface area contributed by atoms with Crippen LogP contribution in [0.3, 0.4) is 0 Å². The first-order chi connectivity index (χ1) is 16.2. The van der Waals surface area contributed by atoms with E-state index in [1.807, 2.05) is 11.9 Å². The molecule has 35 heavy (non-hydrogen) atoms. The summed E-state index contributed by atoms with van der Waals surface area (Å²) < 4.78 is 79.4. The van der Waals surface area contributed by atoms with Gasteiger partial charge >= 0.3 is 12.4 Å². The number of nitrogens with one attached hydrogen (secondary N) is 1. The minimum atomic E-state index is -5.00. The van der Waals surface area contributed by atoms with Crippen molar-refractivity contribution < 1.29 is 35.9 Å². The van der Waals surface area contributed by atoms with Crippen molar-refractivity contribution in [3.63, 3.8) is 0 Å². The van der Waals surface area contributed by atoms with Gasteiger partial charge in [0.15, 0.2) is 5.82 Å². The average molecular weight is 504 g/mol. The molecule has 1 saturated heterocycles. The zero-order valence-electron chi connectivity index (χ0n) is 18.7. The zero-order chi connectivity index (χ0) is 26.0. The maximum absolute atomic E-state index is 13.1. The van der Waals surface area contributed by atoms with E-state index in [4.69, 9.17) is 0 Å². The average Bonchev–Trinajstić information content (AvgIpc) is 3.19. The number of hydrazine groups is 1. The highest BCUT2D eigenvalue weighted by molar-refractivity contribution is 5.89. The van der Waals surface area contributed by atoms with E-state index >= 15 is 0 Å². The number of benzene rings is 1. The summed E-state index contributed by atoms with van der Waals surface area (Å²) in [6.45, 7) is 1.84. The third-order valence-corrected chi connectivity index (χ3v) is 5.33. The van der Waals surface area contributed by atoms with Gasteiger partial charge in [-0.05, 0) is 25.2 Å². The van der Waals surface area contributed by atoms with Gasteiger partial charge in [-0.1, -0.05) is 0 Å². The van der Waals surface area contributed by atoms with E-state index in [-0.39, 0.29) is 17.3 Å². The third-order valence-electron chi connectivity index (χ3n) is 5.33. The quantitative estimate of drug-likeness (QED) is 0.258. The molecule has 1 aromatic carbocycles. The second-order valence-electron chi connectivity index (χ2n) is 8.53. The van der Waals surface area contributed by atoms with Gasteiger partial charge in [-0.3, -0.25) is 10.2 Å². The highest BCUT2D eigenvalue weighted by atomic mass is 19.4. The number of alkyl halides is 6. The Kier molecular flexibility index (Phi) is 7.36. The Balaban J connectivity index is 1.69. The lowest BCUT2D eigenvalue weighted by Crippen LogP contribution is -2.60. The van der Waals surface area contributed by atoms with Crippen LogP contribution in [0.15, 0.2) is 30.6 Å². The summed E-state index contributed by atoms with van der Waals surface area (Å²) in [5.41, 5.74) is -1.11. The molecule has 14 heteroatoms. The minimum Gasteiger partial charge on any atom is -0.305 e. The largest absolute Gasteiger partial charge is 0.416 e. The maximum atomic E-state index is 13.1. The fourth-order valence-electron chi connectivity index (χ4n) is 4.04. The van der Waals surface area contributed by atoms with E-state index in [0.29, 0.717) is 38.2 Å². The molecule has 0 unspecified atom stereocenters. The lowest BCUT2D eigenvalue weighted by molar-refractivity contribution is -0.143. The number of hydrogen-bond acceptors (Lipinski definition) is 6. The summed E-state index contributed by atoms with van der Waals surface area (Å²) in [5, 5.41) is 5.38. The van der Waals surface area contributed by atoms with Crippen molar-refractivity contribution in [2.45, 2.75) is 18.8 Å². The number of amides is 1. The van der Waals surface area contributed by atoms with Gasteiger partial charge in [0.2, 0.25) is 0 Å². The van der Waals surface area contributed by atoms with Crippen molar-refractivity contribution >= 4 is 18.4 Å². The molecule has 0 spiro atoms. The standard InChI is InChI=1S/C21H22F6N6O2/c1-31-10-19(11-31,4-6-34)12-32(2)29-17(35)3-5-33-13-28-18(30-33)14-7-15(20(22,23)24)9-16(8-14)21(25,26)27/h3,5-9,13H,4,10-12H2,1-2H3,(H,29,35)/b5-3-. The van der Waals surface area contributed by atoms with Gasteiger partial charge in [-0.25, -0.2) is 14.7 Å². The monoisotopic (exact) mass is 504 g/mol. The summed E-state index contributed by atoms with van der Waals surface area (Å²) in [5.74, 6) is -0.939. The molecule has 1 amide bonds. The Bertz CT molecular complexity index is 1070. The predicted octanol–water partition coefficient (Wildman–Crippen LogP) is 2.94. The van der Waals surface area contributed by atoms with Crippen molar-refractivity contribution in [1.29, 1.82) is 0 Å². The van der Waals surface area contributed by atoms with E-state index < -0.39 is 35.0 Å². The lowest BCUT2D eigenvalue weighted by Gasteiger charge is -2.49. The molecular weight excluding hydrogens is 482 g/mol. The minimum absolute atomic E-state index is 0.0160. The number of hydrogen-bond donors (Lipinski definition) is 1. The Morgan fingerprint density at radius 3 is 2.26 bits per heavy atom. The number of halogens is 6. The molecular formula is C21H22F6N6O2. The maximum Gasteiger partial charge on any atom is 0.416 e. The summed E-state index contributed by atoms with van der Waals surface area (Å²) in [4.78, 5) is 29.0. The SMILES string of the molecule is CN1CC(CC=O)(CN(C)NC(=O)/C=C\n2cnc(-c3cc(C(F)(F)F)cc(C(F)(F)F)c3)n2)C1. The van der Waals surface area contributed by atoms with Crippen molar-refractivity contribution in [2.75, 3.05) is 33.7 Å². The molecule has 1 N–H and O–H groups in total. The molecule has 0 aliphatic carbocycles. The molecule has 1 aliphatic rings. The van der Waals surface area contributed by atoms with Crippen LogP contribution < -0.4 is 5.43 Å². The van der Waals surface area contributed by atoms with Crippen LogP contribution in [0.5, 0.6) is 0 Å². The zero-order valence-corrected chi connectivity index (χ0v) is 18.7. The second-order valence-corrected chi connectivity index (χ2v) is 8.53. The van der Waals surface area contributed by atoms with Crippen molar-refractivity contribution in [3.05, 3.63) is 41.7 Å². The molecule has 2 heterocycles. The van der Waals surface area contributed by atoms with Crippen LogP contribution in [0.1, 0.15) is 17.5 Å². The van der Waals surface area contributed by atoms with Gasteiger partial charge in [-0.15, -0.1) is 5.10 Å². The first-order valence-corrected chi connectivity index (χ1v) is 10.2. The normalized spacial score (nSPS) is 16.5. The molecule has 3 rings (SSSR count). The van der Waals surface area contributed by atoms with Crippen LogP contribution in [0.4, 0.5) is 26.3 Å². The molecule has 0 radical (unpaired) electrons. The number of likely N-dealkylation sites (tertiary alicyclic amines) is 1. The van der Waals surface area contributed by atoms with E-state index in [9.17, 15) is 35.9 Å². The van der Waals surface area contributed by atoms with E-state index in [0.717, 1.165) is 29.6 Å². The molecule has 8 nitrogen and oxygen atoms in total. The number of rotatable bonds is 8. The first kappa shape index (κ1) is 26.3. The lowest BCUT2D eigenvalue weighted by atomic mass is 9.77. The van der Waals surface area contributed by atoms with Crippen LogP contribution in [0.25, 0.3) is 17.6 Å². The van der Waals surface area contributed by atoms with E-state index in [1.165, 1.54) is 5.01 Å². The Morgan fingerprint density at radius 1 is 1.14 bits per heavy atom. The number of nitrogens with zero attached hydrogens (tertiary/aromatic N) is 5. The Hall–Kier alpha value is -3.26. The fraction of sp³-hybridized carbons (Fsp3) is 0.429. The molecule has 2 aromatic rings. The topological polar surface area (TPSA) is 83.4 Å². The van der Waals surface area contributed by atoms with Crippen LogP contribution in [0.2, 0.25) is 0 Å². The van der Waals surface area contributed by atoms with Crippen molar-refractivity contribution in [1.82, 2.24) is 30.1 Å². The highest BCUT2D eigenvalue weighted by Gasteiger charge is 2.41. The second kappa shape index (κ2) is 9.77. The molecule has 0 saturated carbocycles. The van der Waals surface area contributed by atoms with E-state index in [2.05, 4.69) is 15.5 Å². The fourth-order valence-corrected chi connectivity index (χ4v) is 4.04. The van der Waals surface area contributed by atoms with Crippen LogP contribution >= 0.6 is 0 Å². The Labute approximate surface area is 196 Å². The molecule has 190 valence electrons. The summed E-state index contributed by atoms with van der Waals surface area (Å²) in [6.07, 6.45) is -5.55. The molecule has 0 atom stereocenters. The number of aldehydes is 1. The van der Waals surface area contributed by atoms with Gasteiger partial charge in [0.05, 0.1) is 11.1 Å². The Morgan fingerprint density at radius 2 is 1.74 bits per heavy atom. The first-order valence-electron chi connectivity index (χ1n) is 10.2. The summed E-state index contributed by atoms with van der Waals surface area (Å²) >= 11 is 0. The smallest absolute Gasteiger partial charge is 0.305 e. The highest BCUT2D eigenvalue weighted by Crippen LogP contribution is 2.38. The van der Waals surface area contributed by atoms with Gasteiger partial charge in [-0.2, -0.15) is 26.3 Å². The van der Waals surface area contributed by atoms with Gasteiger partial charge in [0.1, 0.15) is 12.6 Å². The summed E-state index contributed by atoms with van der Waals surface area (Å²) in [7, 11) is 3.55. The third kappa shape index (κ3) is 6.66. The predicted molar refractivity (Wildman–Crippen MR) is 112 cm³/mol.